The summed E-state index contributed by atoms with van der Waals surface area (Å²) >= 11 is 0. The Morgan fingerprint density at radius 1 is 1.29 bits per heavy atom. The Hall–Kier alpha value is -2.18. The van der Waals surface area contributed by atoms with Crippen LogP contribution >= 0.6 is 0 Å². The summed E-state index contributed by atoms with van der Waals surface area (Å²) in [5, 5.41) is 8.40. The molecular weight excluding hydrogens is 306 g/mol. The van der Waals surface area contributed by atoms with Crippen LogP contribution in [-0.2, 0) is 5.41 Å². The quantitative estimate of drug-likeness (QED) is 0.853. The van der Waals surface area contributed by atoms with E-state index in [0.717, 1.165) is 31.2 Å². The summed E-state index contributed by atoms with van der Waals surface area (Å²) in [6, 6.07) is 0. The van der Waals surface area contributed by atoms with Crippen molar-refractivity contribution in [1.29, 1.82) is 0 Å². The zero-order chi connectivity index (χ0) is 16.7. The molecule has 128 valence electrons. The lowest BCUT2D eigenvalue weighted by atomic mass is 9.80. The number of hydrogen-bond donors (Lipinski definition) is 0. The van der Waals surface area contributed by atoms with Gasteiger partial charge >= 0.3 is 0 Å². The van der Waals surface area contributed by atoms with E-state index in [1.54, 1.807) is 12.4 Å². The highest BCUT2D eigenvalue weighted by molar-refractivity contribution is 5.51. The van der Waals surface area contributed by atoms with Gasteiger partial charge < -0.3 is 14.1 Å². The molecule has 7 nitrogen and oxygen atoms in total. The number of rotatable bonds is 4. The molecule has 3 heterocycles. The van der Waals surface area contributed by atoms with Crippen LogP contribution in [0.15, 0.2) is 16.8 Å². The number of nitrogens with zero attached hydrogens (tertiary/aromatic N) is 5. The number of hydrogen-bond acceptors (Lipinski definition) is 7. The minimum absolute atomic E-state index is 0.0616. The highest BCUT2D eigenvalue weighted by Crippen LogP contribution is 2.51. The van der Waals surface area contributed by atoms with Crippen LogP contribution in [0.25, 0.3) is 0 Å². The molecule has 4 rings (SSSR count). The van der Waals surface area contributed by atoms with Gasteiger partial charge in [-0.3, -0.25) is 0 Å². The van der Waals surface area contributed by atoms with Crippen molar-refractivity contribution in [2.75, 3.05) is 18.0 Å². The SMILES string of the molecule is Cc1nnc([C@]23CCC[C@H]2CN(c2nccnc2OC(C)C)C3)o1. The van der Waals surface area contributed by atoms with Crippen molar-refractivity contribution >= 4 is 5.82 Å². The third-order valence-corrected chi connectivity index (χ3v) is 5.12. The molecule has 1 saturated carbocycles. The fraction of sp³-hybridized carbons (Fsp3) is 0.647. The molecule has 7 heteroatoms. The molecule has 2 aliphatic rings. The van der Waals surface area contributed by atoms with Gasteiger partial charge in [-0.05, 0) is 32.6 Å². The smallest absolute Gasteiger partial charge is 0.257 e. The molecule has 2 aromatic rings. The molecule has 1 aliphatic carbocycles. The Balaban J connectivity index is 1.66. The average molecular weight is 329 g/mol. The van der Waals surface area contributed by atoms with E-state index < -0.39 is 0 Å². The maximum atomic E-state index is 5.86. The van der Waals surface area contributed by atoms with Gasteiger partial charge in [-0.2, -0.15) is 0 Å². The highest BCUT2D eigenvalue weighted by atomic mass is 16.5. The molecule has 2 atom stereocenters. The molecule has 1 aliphatic heterocycles. The molecule has 0 N–H and O–H groups in total. The van der Waals surface area contributed by atoms with Crippen LogP contribution < -0.4 is 9.64 Å². The van der Waals surface area contributed by atoms with Crippen molar-refractivity contribution in [3.8, 4) is 5.88 Å². The second kappa shape index (κ2) is 5.72. The van der Waals surface area contributed by atoms with Gasteiger partial charge in [0.05, 0.1) is 11.5 Å². The van der Waals surface area contributed by atoms with E-state index in [4.69, 9.17) is 9.15 Å². The van der Waals surface area contributed by atoms with E-state index >= 15 is 0 Å². The van der Waals surface area contributed by atoms with Gasteiger partial charge in [-0.1, -0.05) is 6.42 Å². The Morgan fingerprint density at radius 3 is 2.88 bits per heavy atom. The van der Waals surface area contributed by atoms with E-state index in [1.165, 1.54) is 12.8 Å². The van der Waals surface area contributed by atoms with Gasteiger partial charge in [0.2, 0.25) is 11.8 Å². The average Bonchev–Trinajstić information content (AvgIpc) is 3.20. The lowest BCUT2D eigenvalue weighted by Crippen LogP contribution is -2.32. The molecule has 0 spiro atoms. The van der Waals surface area contributed by atoms with E-state index in [9.17, 15) is 0 Å². The minimum atomic E-state index is -0.0616. The summed E-state index contributed by atoms with van der Waals surface area (Å²) in [5.41, 5.74) is -0.0616. The number of aromatic nitrogens is 4. The lowest BCUT2D eigenvalue weighted by molar-refractivity contribution is 0.232. The molecule has 0 aromatic carbocycles. The standard InChI is InChI=1S/C17H23N5O2/c1-11(2)23-15-14(18-7-8-19-15)22-9-13-5-4-6-17(13,10-22)16-21-20-12(3)24-16/h7-8,11,13H,4-6,9-10H2,1-3H3/t13-,17-/m0/s1. The van der Waals surface area contributed by atoms with Crippen molar-refractivity contribution in [3.63, 3.8) is 0 Å². The van der Waals surface area contributed by atoms with Crippen LogP contribution in [0.5, 0.6) is 5.88 Å². The topological polar surface area (TPSA) is 77.2 Å². The van der Waals surface area contributed by atoms with Gasteiger partial charge in [0.25, 0.3) is 5.88 Å². The second-order valence-corrected chi connectivity index (χ2v) is 7.10. The summed E-state index contributed by atoms with van der Waals surface area (Å²) in [7, 11) is 0. The highest BCUT2D eigenvalue weighted by Gasteiger charge is 2.54. The zero-order valence-corrected chi connectivity index (χ0v) is 14.4. The molecule has 0 bridgehead atoms. The van der Waals surface area contributed by atoms with Crippen LogP contribution in [0, 0.1) is 12.8 Å². The number of aryl methyl sites for hydroxylation is 1. The third kappa shape index (κ3) is 2.42. The first-order valence-electron chi connectivity index (χ1n) is 8.62. The largest absolute Gasteiger partial charge is 0.472 e. The molecular formula is C17H23N5O2. The predicted octanol–water partition coefficient (Wildman–Crippen LogP) is 2.51. The summed E-state index contributed by atoms with van der Waals surface area (Å²) in [6.45, 7) is 7.60. The van der Waals surface area contributed by atoms with Crippen molar-refractivity contribution in [2.45, 2.75) is 51.6 Å². The van der Waals surface area contributed by atoms with Crippen molar-refractivity contribution in [1.82, 2.24) is 20.2 Å². The molecule has 1 saturated heterocycles. The minimum Gasteiger partial charge on any atom is -0.472 e. The monoisotopic (exact) mass is 329 g/mol. The Kier molecular flexibility index (Phi) is 3.66. The fourth-order valence-electron chi connectivity index (χ4n) is 4.14. The zero-order valence-electron chi connectivity index (χ0n) is 14.4. The van der Waals surface area contributed by atoms with E-state index in [0.29, 0.717) is 17.7 Å². The van der Waals surface area contributed by atoms with Crippen LogP contribution in [0.4, 0.5) is 5.82 Å². The third-order valence-electron chi connectivity index (χ3n) is 5.12. The first kappa shape index (κ1) is 15.4. The van der Waals surface area contributed by atoms with Crippen molar-refractivity contribution < 1.29 is 9.15 Å². The Morgan fingerprint density at radius 2 is 2.12 bits per heavy atom. The number of fused-ring (bicyclic) bond motifs is 1. The van der Waals surface area contributed by atoms with Gasteiger partial charge in [0, 0.05) is 32.4 Å². The first-order valence-corrected chi connectivity index (χ1v) is 8.62. The van der Waals surface area contributed by atoms with Crippen molar-refractivity contribution in [2.24, 2.45) is 5.92 Å². The van der Waals surface area contributed by atoms with E-state index in [1.807, 2.05) is 20.8 Å². The van der Waals surface area contributed by atoms with Crippen LogP contribution in [-0.4, -0.2) is 39.4 Å². The van der Waals surface area contributed by atoms with Gasteiger partial charge in [-0.15, -0.1) is 10.2 Å². The van der Waals surface area contributed by atoms with Gasteiger partial charge in [-0.25, -0.2) is 9.97 Å². The molecule has 2 fully saturated rings. The second-order valence-electron chi connectivity index (χ2n) is 7.10. The fourth-order valence-corrected chi connectivity index (χ4v) is 4.14. The maximum absolute atomic E-state index is 5.86. The molecule has 0 amide bonds. The molecule has 0 unspecified atom stereocenters. The van der Waals surface area contributed by atoms with Crippen LogP contribution in [0.3, 0.4) is 0 Å². The molecule has 24 heavy (non-hydrogen) atoms. The summed E-state index contributed by atoms with van der Waals surface area (Å²) < 4.78 is 11.7. The van der Waals surface area contributed by atoms with E-state index in [-0.39, 0.29) is 11.5 Å². The van der Waals surface area contributed by atoms with Gasteiger partial charge in [0.1, 0.15) is 0 Å². The maximum Gasteiger partial charge on any atom is 0.257 e. The Labute approximate surface area is 141 Å². The summed E-state index contributed by atoms with van der Waals surface area (Å²) in [5.74, 6) is 3.33. The summed E-state index contributed by atoms with van der Waals surface area (Å²) in [4.78, 5) is 11.2. The van der Waals surface area contributed by atoms with Gasteiger partial charge in [0.15, 0.2) is 5.82 Å². The van der Waals surface area contributed by atoms with Crippen LogP contribution in [0.1, 0.15) is 44.9 Å². The summed E-state index contributed by atoms with van der Waals surface area (Å²) in [6.07, 6.45) is 6.93. The Bertz CT molecular complexity index is 731. The normalized spacial score (nSPS) is 26.2. The number of anilines is 1. The lowest BCUT2D eigenvalue weighted by Gasteiger charge is -2.25. The van der Waals surface area contributed by atoms with E-state index in [2.05, 4.69) is 25.1 Å². The van der Waals surface area contributed by atoms with Crippen LogP contribution in [0.2, 0.25) is 0 Å². The molecule has 0 radical (unpaired) electrons. The first-order chi connectivity index (χ1) is 11.6. The molecule has 2 aromatic heterocycles. The number of ether oxygens (including phenoxy) is 1. The predicted molar refractivity (Wildman–Crippen MR) is 88.1 cm³/mol. The van der Waals surface area contributed by atoms with Crippen molar-refractivity contribution in [3.05, 3.63) is 24.2 Å².